The molecule has 0 radical (unpaired) electrons. The Kier molecular flexibility index (Phi) is 7.33. The van der Waals surface area contributed by atoms with E-state index in [2.05, 4.69) is 19.2 Å². The van der Waals surface area contributed by atoms with Gasteiger partial charge in [-0.1, -0.05) is 60.8 Å². The van der Waals surface area contributed by atoms with Crippen LogP contribution in [0.4, 0.5) is 5.69 Å². The number of rotatable bonds is 6. The van der Waals surface area contributed by atoms with E-state index >= 15 is 0 Å². The summed E-state index contributed by atoms with van der Waals surface area (Å²) in [5.41, 5.74) is 1.76. The van der Waals surface area contributed by atoms with Gasteiger partial charge in [0.05, 0.1) is 20.6 Å². The maximum absolute atomic E-state index is 12.1. The second-order valence-corrected chi connectivity index (χ2v) is 6.97. The number of carbonyl (C=O) groups is 2. The third-order valence-corrected chi connectivity index (χ3v) is 5.08. The Balaban J connectivity index is 1.95. The number of esters is 1. The predicted octanol–water partition coefficient (Wildman–Crippen LogP) is 5.96. The van der Waals surface area contributed by atoms with E-state index in [9.17, 15) is 9.59 Å². The van der Waals surface area contributed by atoms with E-state index in [1.165, 1.54) is 17.7 Å². The van der Waals surface area contributed by atoms with Crippen LogP contribution in [-0.4, -0.2) is 18.5 Å². The number of nitrogens with one attached hydrogen (secondary N) is 1. The van der Waals surface area contributed by atoms with Crippen LogP contribution in [-0.2, 0) is 9.53 Å². The van der Waals surface area contributed by atoms with Gasteiger partial charge in [0.2, 0.25) is 0 Å². The molecule has 0 fully saturated rings. The second kappa shape index (κ2) is 9.26. The summed E-state index contributed by atoms with van der Waals surface area (Å²) in [5, 5.41) is 2.93. The highest BCUT2D eigenvalue weighted by Gasteiger charge is 2.19. The highest BCUT2D eigenvalue weighted by atomic mass is 35.5. The summed E-state index contributed by atoms with van der Waals surface area (Å²) in [7, 11) is 0. The zero-order valence-corrected chi connectivity index (χ0v) is 16.6. The van der Waals surface area contributed by atoms with Gasteiger partial charge in [0, 0.05) is 5.69 Å². The zero-order chi connectivity index (χ0) is 19.3. The van der Waals surface area contributed by atoms with Crippen LogP contribution in [0.5, 0.6) is 0 Å². The molecule has 138 valence electrons. The van der Waals surface area contributed by atoms with Crippen LogP contribution in [0.3, 0.4) is 0 Å². The fourth-order valence-electron chi connectivity index (χ4n) is 2.25. The van der Waals surface area contributed by atoms with Crippen LogP contribution < -0.4 is 5.32 Å². The molecule has 0 saturated carbocycles. The average molecular weight is 415 g/mol. The summed E-state index contributed by atoms with van der Waals surface area (Å²) in [6.07, 6.45) is 1.04. The van der Waals surface area contributed by atoms with Crippen molar-refractivity contribution in [3.05, 3.63) is 62.6 Å². The van der Waals surface area contributed by atoms with Gasteiger partial charge in [0.25, 0.3) is 5.91 Å². The molecule has 1 N–H and O–H groups in total. The van der Waals surface area contributed by atoms with Crippen molar-refractivity contribution < 1.29 is 14.3 Å². The molecule has 0 aromatic heterocycles. The summed E-state index contributed by atoms with van der Waals surface area (Å²) in [5.74, 6) is -0.832. The fraction of sp³-hybridized carbons (Fsp3) is 0.263. The van der Waals surface area contributed by atoms with Crippen LogP contribution in [0, 0.1) is 0 Å². The summed E-state index contributed by atoms with van der Waals surface area (Å²) >= 11 is 17.8. The third kappa shape index (κ3) is 5.13. The first-order valence-electron chi connectivity index (χ1n) is 8.03. The lowest BCUT2D eigenvalue weighted by molar-refractivity contribution is -0.119. The average Bonchev–Trinajstić information content (AvgIpc) is 2.63. The number of benzene rings is 2. The molecule has 0 aliphatic carbocycles. The minimum Gasteiger partial charge on any atom is -0.452 e. The minimum atomic E-state index is -0.815. The van der Waals surface area contributed by atoms with E-state index in [0.717, 1.165) is 6.42 Å². The quantitative estimate of drug-likeness (QED) is 0.469. The van der Waals surface area contributed by atoms with Crippen LogP contribution in [0.15, 0.2) is 36.4 Å². The van der Waals surface area contributed by atoms with Gasteiger partial charge in [0.1, 0.15) is 0 Å². The molecule has 0 heterocycles. The van der Waals surface area contributed by atoms with Gasteiger partial charge in [-0.05, 0) is 42.2 Å². The lowest BCUT2D eigenvalue weighted by Gasteiger charge is -2.11. The summed E-state index contributed by atoms with van der Waals surface area (Å²) < 4.78 is 4.98. The molecule has 0 bridgehead atoms. The van der Waals surface area contributed by atoms with Crippen molar-refractivity contribution in [1.82, 2.24) is 0 Å². The fourth-order valence-corrected chi connectivity index (χ4v) is 2.93. The number of carbonyl (C=O) groups excluding carboxylic acids is 2. The van der Waals surface area contributed by atoms with Crippen LogP contribution in [0.2, 0.25) is 15.1 Å². The Morgan fingerprint density at radius 2 is 1.65 bits per heavy atom. The Bertz CT molecular complexity index is 806. The van der Waals surface area contributed by atoms with Gasteiger partial charge in [-0.3, -0.25) is 4.79 Å². The van der Waals surface area contributed by atoms with Gasteiger partial charge < -0.3 is 10.1 Å². The molecule has 1 amide bonds. The normalized spacial score (nSPS) is 11.7. The SMILES string of the molecule is CC[C@H](C)c1ccc(NC(=O)COC(=O)c2c(Cl)ccc(Cl)c2Cl)cc1. The van der Waals surface area contributed by atoms with Gasteiger partial charge in [-0.15, -0.1) is 0 Å². The van der Waals surface area contributed by atoms with Gasteiger partial charge in [0.15, 0.2) is 6.61 Å². The Morgan fingerprint density at radius 1 is 1.04 bits per heavy atom. The molecule has 0 spiro atoms. The molecular weight excluding hydrogens is 397 g/mol. The molecule has 26 heavy (non-hydrogen) atoms. The van der Waals surface area contributed by atoms with E-state index < -0.39 is 18.5 Å². The van der Waals surface area contributed by atoms with Crippen molar-refractivity contribution in [3.8, 4) is 0 Å². The lowest BCUT2D eigenvalue weighted by Crippen LogP contribution is -2.21. The zero-order valence-electron chi connectivity index (χ0n) is 14.3. The molecule has 7 heteroatoms. The summed E-state index contributed by atoms with van der Waals surface area (Å²) in [4.78, 5) is 24.1. The van der Waals surface area contributed by atoms with Crippen molar-refractivity contribution in [1.29, 1.82) is 0 Å². The second-order valence-electron chi connectivity index (χ2n) is 5.77. The summed E-state index contributed by atoms with van der Waals surface area (Å²) in [6.45, 7) is 3.79. The molecule has 0 saturated heterocycles. The molecule has 0 aliphatic rings. The predicted molar refractivity (Wildman–Crippen MR) is 106 cm³/mol. The van der Waals surface area contributed by atoms with Gasteiger partial charge in [-0.25, -0.2) is 4.79 Å². The topological polar surface area (TPSA) is 55.4 Å². The molecule has 1 atom stereocenters. The smallest absolute Gasteiger partial charge is 0.341 e. The highest BCUT2D eigenvalue weighted by Crippen LogP contribution is 2.31. The Morgan fingerprint density at radius 3 is 2.27 bits per heavy atom. The van der Waals surface area contributed by atoms with Crippen molar-refractivity contribution in [2.75, 3.05) is 11.9 Å². The lowest BCUT2D eigenvalue weighted by atomic mass is 9.99. The van der Waals surface area contributed by atoms with Gasteiger partial charge in [-0.2, -0.15) is 0 Å². The van der Waals surface area contributed by atoms with Crippen LogP contribution in [0.1, 0.15) is 42.1 Å². The Hall–Kier alpha value is -1.75. The first-order valence-corrected chi connectivity index (χ1v) is 9.17. The van der Waals surface area contributed by atoms with Crippen molar-refractivity contribution in [3.63, 3.8) is 0 Å². The van der Waals surface area contributed by atoms with Crippen molar-refractivity contribution >= 4 is 52.4 Å². The van der Waals surface area contributed by atoms with E-state index in [-0.39, 0.29) is 20.6 Å². The number of hydrogen-bond donors (Lipinski definition) is 1. The molecule has 2 rings (SSSR count). The maximum atomic E-state index is 12.1. The maximum Gasteiger partial charge on any atom is 0.341 e. The standard InChI is InChI=1S/C19H18Cl3NO3/c1-3-11(2)12-4-6-13(7-5-12)23-16(24)10-26-19(25)17-14(20)8-9-15(21)18(17)22/h4-9,11H,3,10H2,1-2H3,(H,23,24)/t11-/m0/s1. The summed E-state index contributed by atoms with van der Waals surface area (Å²) in [6, 6.07) is 10.4. The number of halogens is 3. The minimum absolute atomic E-state index is 0.00907. The molecular formula is C19H18Cl3NO3. The van der Waals surface area contributed by atoms with Crippen molar-refractivity contribution in [2.45, 2.75) is 26.2 Å². The molecule has 0 aliphatic heterocycles. The Labute approximate surface area is 167 Å². The number of anilines is 1. The van der Waals surface area contributed by atoms with Crippen LogP contribution >= 0.6 is 34.8 Å². The number of amides is 1. The molecule has 0 unspecified atom stereocenters. The number of hydrogen-bond acceptors (Lipinski definition) is 3. The first-order chi connectivity index (χ1) is 12.3. The highest BCUT2D eigenvalue weighted by molar-refractivity contribution is 6.46. The molecule has 2 aromatic rings. The monoisotopic (exact) mass is 413 g/mol. The number of ether oxygens (including phenoxy) is 1. The van der Waals surface area contributed by atoms with E-state index in [1.807, 2.05) is 24.3 Å². The molecule has 2 aromatic carbocycles. The van der Waals surface area contributed by atoms with Crippen molar-refractivity contribution in [2.24, 2.45) is 0 Å². The third-order valence-electron chi connectivity index (χ3n) is 3.96. The van der Waals surface area contributed by atoms with Gasteiger partial charge >= 0.3 is 5.97 Å². The van der Waals surface area contributed by atoms with E-state index in [4.69, 9.17) is 39.5 Å². The largest absolute Gasteiger partial charge is 0.452 e. The molecule has 4 nitrogen and oxygen atoms in total. The van der Waals surface area contributed by atoms with E-state index in [1.54, 1.807) is 0 Å². The van der Waals surface area contributed by atoms with Crippen LogP contribution in [0.25, 0.3) is 0 Å². The van der Waals surface area contributed by atoms with E-state index in [0.29, 0.717) is 11.6 Å². The first kappa shape index (κ1) is 20.6.